The minimum Gasteiger partial charge on any atom is -0.477 e. The molecule has 0 bridgehead atoms. The van der Waals surface area contributed by atoms with Crippen LogP contribution < -0.4 is 0 Å². The van der Waals surface area contributed by atoms with Gasteiger partial charge in [-0.15, -0.1) is 0 Å². The zero-order chi connectivity index (χ0) is 69.0. The zero-order valence-electron chi connectivity index (χ0n) is 63.8. The number of carbonyl (C=O) groups excluding carboxylic acids is 2. The Morgan fingerprint density at radius 2 is 0.600 bits per heavy atom. The summed E-state index contributed by atoms with van der Waals surface area (Å²) in [5.74, 6) is -1.97. The van der Waals surface area contributed by atoms with Gasteiger partial charge < -0.3 is 28.5 Å². The second kappa shape index (κ2) is 76.7. The van der Waals surface area contributed by atoms with Gasteiger partial charge in [0.05, 0.1) is 34.4 Å². The van der Waals surface area contributed by atoms with Crippen molar-refractivity contribution < 1.29 is 42.9 Å². The summed E-state index contributed by atoms with van der Waals surface area (Å²) in [5.41, 5.74) is 0. The molecule has 0 aromatic rings. The number of hydrogen-bond donors (Lipinski definition) is 1. The molecule has 9 heteroatoms. The lowest BCUT2D eigenvalue weighted by atomic mass is 10.0. The van der Waals surface area contributed by atoms with Crippen molar-refractivity contribution in [1.82, 2.24) is 0 Å². The molecule has 95 heavy (non-hydrogen) atoms. The van der Waals surface area contributed by atoms with Crippen molar-refractivity contribution in [2.45, 2.75) is 424 Å². The van der Waals surface area contributed by atoms with Gasteiger partial charge in [-0.2, -0.15) is 0 Å². The van der Waals surface area contributed by atoms with Gasteiger partial charge in [-0.05, 0) is 77.0 Å². The van der Waals surface area contributed by atoms with E-state index in [1.165, 1.54) is 321 Å². The molecule has 9 nitrogen and oxygen atoms in total. The van der Waals surface area contributed by atoms with E-state index >= 15 is 0 Å². The third-order valence-electron chi connectivity index (χ3n) is 18.8. The van der Waals surface area contributed by atoms with E-state index < -0.39 is 18.4 Å². The number of esters is 2. The van der Waals surface area contributed by atoms with Gasteiger partial charge in [0.1, 0.15) is 13.2 Å². The first-order chi connectivity index (χ1) is 46.6. The summed E-state index contributed by atoms with van der Waals surface area (Å²) in [6, 6.07) is 0. The topological polar surface area (TPSA) is 108 Å². The zero-order valence-corrected chi connectivity index (χ0v) is 63.8. The molecule has 0 aromatic carbocycles. The van der Waals surface area contributed by atoms with Gasteiger partial charge in [0, 0.05) is 12.8 Å². The standard InChI is InChI=1S/C86H159NO8/c1-6-8-10-12-14-16-18-20-22-24-26-28-30-32-34-36-38-40-42-44-46-48-50-52-54-56-58-60-62-64-66-68-70-72-74-76-83(88)93-80-82(81-94-86(85(90)91)92-79-78-87(3,4)5)95-84(89)77-75-73-71-69-67-65-63-61-59-57-55-53-51-49-47-45-43-41-39-37-35-33-31-29-27-25-23-21-19-17-15-13-11-9-7-2/h9,11,15,17,21,23-24,26-27,29,82,86H,6-8,10,12-14,16,18-20,22,25,28,30-81H2,1-5H3/p+1/b11-9-,17-15-,23-21-,26-24-,29-27-. The third-order valence-corrected chi connectivity index (χ3v) is 18.8. The molecule has 0 radical (unpaired) electrons. The van der Waals surface area contributed by atoms with Gasteiger partial charge >= 0.3 is 17.9 Å². The highest BCUT2D eigenvalue weighted by atomic mass is 16.7. The second-order valence-corrected chi connectivity index (χ2v) is 29.4. The largest absolute Gasteiger partial charge is 0.477 e. The number of carboxylic acids is 1. The van der Waals surface area contributed by atoms with E-state index in [0.29, 0.717) is 17.4 Å². The number of ether oxygens (including phenoxy) is 4. The molecule has 556 valence electrons. The number of allylic oxidation sites excluding steroid dienone is 10. The molecule has 1 N–H and O–H groups in total. The molecular formula is C86H160NO8+. The molecule has 0 amide bonds. The minimum absolute atomic E-state index is 0.176. The van der Waals surface area contributed by atoms with Crippen molar-refractivity contribution >= 4 is 17.9 Å². The normalized spacial score (nSPS) is 12.9. The molecule has 0 saturated heterocycles. The highest BCUT2D eigenvalue weighted by Gasteiger charge is 2.25. The fourth-order valence-corrected chi connectivity index (χ4v) is 12.5. The van der Waals surface area contributed by atoms with Crippen LogP contribution in [0.15, 0.2) is 60.8 Å². The Labute approximate surface area is 590 Å². The van der Waals surface area contributed by atoms with Gasteiger partial charge in [-0.3, -0.25) is 9.59 Å². The molecule has 0 fully saturated rings. The number of quaternary nitrogens is 1. The molecule has 0 aromatic heterocycles. The summed E-state index contributed by atoms with van der Waals surface area (Å²) < 4.78 is 23.1. The van der Waals surface area contributed by atoms with Crippen molar-refractivity contribution in [2.75, 3.05) is 47.5 Å². The molecule has 0 aliphatic heterocycles. The Balaban J connectivity index is 3.95. The van der Waals surface area contributed by atoms with Crippen LogP contribution in [0.25, 0.3) is 0 Å². The molecule has 0 aliphatic carbocycles. The van der Waals surface area contributed by atoms with E-state index in [-0.39, 0.29) is 38.2 Å². The van der Waals surface area contributed by atoms with Gasteiger partial charge in [0.15, 0.2) is 6.10 Å². The smallest absolute Gasteiger partial charge is 0.361 e. The molecule has 0 heterocycles. The number of unbranched alkanes of at least 4 members (excludes halogenated alkanes) is 53. The SMILES string of the molecule is CC/C=C\C/C=C\C/C=C\C/C=C\CCCCCCCCCCCCCCCCCCCCCCCCC(=O)OC(COC(=O)CCCCCCCCCCCCCCCCCCCCCCCCC/C=C\CCCCCCCCCC)COC(OCC[N+](C)(C)C)C(=O)O. The number of carboxylic acid groups (broad SMARTS) is 1. The molecule has 0 rings (SSSR count). The molecular weight excluding hydrogens is 1170 g/mol. The lowest BCUT2D eigenvalue weighted by molar-refractivity contribution is -0.870. The lowest BCUT2D eigenvalue weighted by Crippen LogP contribution is -2.40. The Bertz CT molecular complexity index is 1750. The predicted molar refractivity (Wildman–Crippen MR) is 410 cm³/mol. The maximum absolute atomic E-state index is 13.0. The van der Waals surface area contributed by atoms with Crippen LogP contribution in [0.2, 0.25) is 0 Å². The van der Waals surface area contributed by atoms with Gasteiger partial charge in [-0.1, -0.05) is 383 Å². The van der Waals surface area contributed by atoms with Crippen molar-refractivity contribution in [2.24, 2.45) is 0 Å². The summed E-state index contributed by atoms with van der Waals surface area (Å²) in [5, 5.41) is 9.78. The Kier molecular flexibility index (Phi) is 74.3. The molecule has 2 atom stereocenters. The van der Waals surface area contributed by atoms with Crippen molar-refractivity contribution in [3.05, 3.63) is 60.8 Å². The van der Waals surface area contributed by atoms with Crippen LogP contribution >= 0.6 is 0 Å². The Hall–Kier alpha value is -3.01. The number of nitrogens with zero attached hydrogens (tertiary/aromatic N) is 1. The number of carbonyl (C=O) groups is 3. The van der Waals surface area contributed by atoms with E-state index in [0.717, 1.165) is 64.2 Å². The van der Waals surface area contributed by atoms with E-state index in [4.69, 9.17) is 18.9 Å². The number of aliphatic carboxylic acids is 1. The van der Waals surface area contributed by atoms with Crippen LogP contribution in [0.1, 0.15) is 412 Å². The number of hydrogen-bond acceptors (Lipinski definition) is 7. The molecule has 2 unspecified atom stereocenters. The summed E-state index contributed by atoms with van der Waals surface area (Å²) in [6.45, 7) is 4.84. The second-order valence-electron chi connectivity index (χ2n) is 29.4. The molecule has 0 spiro atoms. The maximum atomic E-state index is 13.0. The number of rotatable bonds is 78. The van der Waals surface area contributed by atoms with Crippen LogP contribution in [0.4, 0.5) is 0 Å². The predicted octanol–water partition coefficient (Wildman–Crippen LogP) is 26.6. The fraction of sp³-hybridized carbons (Fsp3) is 0.849. The number of likely N-dealkylation sites (N-methyl/N-ethyl adjacent to an activating group) is 1. The fourth-order valence-electron chi connectivity index (χ4n) is 12.5. The Morgan fingerprint density at radius 3 is 0.905 bits per heavy atom. The average Bonchev–Trinajstić information content (AvgIpc) is 3.58. The lowest BCUT2D eigenvalue weighted by Gasteiger charge is -2.25. The van der Waals surface area contributed by atoms with Gasteiger partial charge in [-0.25, -0.2) is 4.79 Å². The maximum Gasteiger partial charge on any atom is 0.361 e. The van der Waals surface area contributed by atoms with Crippen molar-refractivity contribution in [3.63, 3.8) is 0 Å². The quantitative estimate of drug-likeness (QED) is 0.0211. The first kappa shape index (κ1) is 92.0. The molecule has 0 saturated carbocycles. The van der Waals surface area contributed by atoms with Crippen LogP contribution in [0, 0.1) is 0 Å². The minimum atomic E-state index is -1.51. The average molecular weight is 1340 g/mol. The first-order valence-electron chi connectivity index (χ1n) is 41.5. The van der Waals surface area contributed by atoms with E-state index in [2.05, 4.69) is 74.6 Å². The van der Waals surface area contributed by atoms with E-state index in [9.17, 15) is 19.5 Å². The third kappa shape index (κ3) is 78.2. The molecule has 0 aliphatic rings. The van der Waals surface area contributed by atoms with Crippen LogP contribution in [-0.2, 0) is 33.3 Å². The van der Waals surface area contributed by atoms with Crippen molar-refractivity contribution in [1.29, 1.82) is 0 Å². The van der Waals surface area contributed by atoms with E-state index in [1.54, 1.807) is 0 Å². The summed E-state index contributed by atoms with van der Waals surface area (Å²) >= 11 is 0. The first-order valence-corrected chi connectivity index (χ1v) is 41.5. The summed E-state index contributed by atoms with van der Waals surface area (Å²) in [6.07, 6.45) is 99.7. The monoisotopic (exact) mass is 1340 g/mol. The van der Waals surface area contributed by atoms with Crippen LogP contribution in [0.5, 0.6) is 0 Å². The van der Waals surface area contributed by atoms with Gasteiger partial charge in [0.25, 0.3) is 6.29 Å². The highest BCUT2D eigenvalue weighted by Crippen LogP contribution is 2.20. The Morgan fingerprint density at radius 1 is 0.326 bits per heavy atom. The summed E-state index contributed by atoms with van der Waals surface area (Å²) in [7, 11) is 6.00. The van der Waals surface area contributed by atoms with E-state index in [1.807, 2.05) is 21.1 Å². The highest BCUT2D eigenvalue weighted by molar-refractivity contribution is 5.71. The van der Waals surface area contributed by atoms with Crippen molar-refractivity contribution in [3.8, 4) is 0 Å². The van der Waals surface area contributed by atoms with Gasteiger partial charge in [0.2, 0.25) is 0 Å². The van der Waals surface area contributed by atoms with Crippen LogP contribution in [-0.4, -0.2) is 87.4 Å². The van der Waals surface area contributed by atoms with Crippen LogP contribution in [0.3, 0.4) is 0 Å². The summed E-state index contributed by atoms with van der Waals surface area (Å²) in [4.78, 5) is 37.8.